The highest BCUT2D eigenvalue weighted by Crippen LogP contribution is 2.09. The van der Waals surface area contributed by atoms with Crippen molar-refractivity contribution in [1.29, 1.82) is 0 Å². The van der Waals surface area contributed by atoms with Gasteiger partial charge in [0.1, 0.15) is 10.8 Å². The molecule has 0 unspecified atom stereocenters. The number of nitrogens with one attached hydrogen (secondary N) is 1. The monoisotopic (exact) mass is 236 g/mol. The minimum atomic E-state index is -0.0363. The van der Waals surface area contributed by atoms with Gasteiger partial charge in [-0.1, -0.05) is 0 Å². The molecule has 2 aromatic heterocycles. The van der Waals surface area contributed by atoms with Crippen LogP contribution in [-0.4, -0.2) is 10.9 Å². The Morgan fingerprint density at radius 1 is 1.62 bits per heavy atom. The predicted octanol–water partition coefficient (Wildman–Crippen LogP) is 1.90. The van der Waals surface area contributed by atoms with E-state index in [0.29, 0.717) is 13.0 Å². The summed E-state index contributed by atoms with van der Waals surface area (Å²) in [4.78, 5) is 15.8. The second-order valence-corrected chi connectivity index (χ2v) is 4.36. The fourth-order valence-corrected chi connectivity index (χ4v) is 2.05. The molecule has 0 fully saturated rings. The van der Waals surface area contributed by atoms with Gasteiger partial charge in [0.25, 0.3) is 0 Å². The molecule has 0 aromatic carbocycles. The lowest BCUT2D eigenvalue weighted by atomic mass is 10.4. The lowest BCUT2D eigenvalue weighted by Crippen LogP contribution is -2.24. The Hall–Kier alpha value is -1.62. The zero-order valence-corrected chi connectivity index (χ0v) is 9.71. The summed E-state index contributed by atoms with van der Waals surface area (Å²) in [5.74, 6) is 0.717. The van der Waals surface area contributed by atoms with E-state index in [1.807, 2.05) is 18.4 Å². The highest BCUT2D eigenvalue weighted by atomic mass is 32.1. The molecule has 0 radical (unpaired) electrons. The molecule has 16 heavy (non-hydrogen) atoms. The third-order valence-corrected chi connectivity index (χ3v) is 2.98. The van der Waals surface area contributed by atoms with E-state index in [0.717, 1.165) is 16.5 Å². The molecule has 0 saturated carbocycles. The second-order valence-electron chi connectivity index (χ2n) is 3.42. The van der Waals surface area contributed by atoms with Crippen molar-refractivity contribution in [3.05, 3.63) is 40.2 Å². The minimum Gasteiger partial charge on any atom is -0.467 e. The second kappa shape index (κ2) is 4.94. The third-order valence-electron chi connectivity index (χ3n) is 2.02. The zero-order chi connectivity index (χ0) is 11.4. The van der Waals surface area contributed by atoms with E-state index >= 15 is 0 Å². The number of rotatable bonds is 4. The normalized spacial score (nSPS) is 10.3. The van der Waals surface area contributed by atoms with Crippen LogP contribution in [0.5, 0.6) is 0 Å². The van der Waals surface area contributed by atoms with Crippen molar-refractivity contribution >= 4 is 17.2 Å². The molecule has 0 aliphatic carbocycles. The molecule has 0 spiro atoms. The van der Waals surface area contributed by atoms with Crippen LogP contribution in [0.3, 0.4) is 0 Å². The Balaban J connectivity index is 1.81. The van der Waals surface area contributed by atoms with Gasteiger partial charge in [-0.05, 0) is 19.1 Å². The lowest BCUT2D eigenvalue weighted by Gasteiger charge is -2.00. The van der Waals surface area contributed by atoms with E-state index in [1.54, 1.807) is 12.3 Å². The van der Waals surface area contributed by atoms with Crippen molar-refractivity contribution in [3.63, 3.8) is 0 Å². The number of aromatic nitrogens is 1. The Labute approximate surface area is 97.3 Å². The van der Waals surface area contributed by atoms with Gasteiger partial charge in [-0.15, -0.1) is 11.3 Å². The van der Waals surface area contributed by atoms with Crippen LogP contribution in [0.25, 0.3) is 0 Å². The maximum atomic E-state index is 11.5. The molecule has 5 heteroatoms. The van der Waals surface area contributed by atoms with Gasteiger partial charge < -0.3 is 9.73 Å². The summed E-state index contributed by atoms with van der Waals surface area (Å²) in [6.07, 6.45) is 1.92. The van der Waals surface area contributed by atoms with Crippen molar-refractivity contribution < 1.29 is 9.21 Å². The van der Waals surface area contributed by atoms with Crippen LogP contribution in [0.4, 0.5) is 0 Å². The SMILES string of the molecule is Cc1csc(CC(=O)NCc2ccco2)n1. The van der Waals surface area contributed by atoms with E-state index < -0.39 is 0 Å². The number of hydrogen-bond acceptors (Lipinski definition) is 4. The molecular weight excluding hydrogens is 224 g/mol. The molecule has 0 bridgehead atoms. The molecule has 84 valence electrons. The molecule has 1 amide bonds. The van der Waals surface area contributed by atoms with E-state index in [-0.39, 0.29) is 5.91 Å². The first-order valence-electron chi connectivity index (χ1n) is 4.94. The molecule has 0 atom stereocenters. The van der Waals surface area contributed by atoms with E-state index in [9.17, 15) is 4.79 Å². The third kappa shape index (κ3) is 2.93. The Bertz CT molecular complexity index is 462. The largest absolute Gasteiger partial charge is 0.467 e. The van der Waals surface area contributed by atoms with E-state index in [1.165, 1.54) is 11.3 Å². The number of nitrogens with zero attached hydrogens (tertiary/aromatic N) is 1. The summed E-state index contributed by atoms with van der Waals surface area (Å²) < 4.78 is 5.11. The summed E-state index contributed by atoms with van der Waals surface area (Å²) >= 11 is 1.51. The minimum absolute atomic E-state index is 0.0363. The number of hydrogen-bond donors (Lipinski definition) is 1. The molecule has 1 N–H and O–H groups in total. The number of furan rings is 1. The predicted molar refractivity (Wildman–Crippen MR) is 61.1 cm³/mol. The van der Waals surface area contributed by atoms with Crippen LogP contribution >= 0.6 is 11.3 Å². The van der Waals surface area contributed by atoms with Gasteiger partial charge in [-0.25, -0.2) is 4.98 Å². The quantitative estimate of drug-likeness (QED) is 0.882. The van der Waals surface area contributed by atoms with Crippen LogP contribution < -0.4 is 5.32 Å². The number of aryl methyl sites for hydroxylation is 1. The molecular formula is C11H12N2O2S. The van der Waals surface area contributed by atoms with Gasteiger partial charge in [0.15, 0.2) is 0 Å². The highest BCUT2D eigenvalue weighted by molar-refractivity contribution is 7.09. The summed E-state index contributed by atoms with van der Waals surface area (Å²) in [7, 11) is 0. The molecule has 4 nitrogen and oxygen atoms in total. The maximum absolute atomic E-state index is 11.5. The van der Waals surface area contributed by atoms with Crippen LogP contribution in [0, 0.1) is 6.92 Å². The highest BCUT2D eigenvalue weighted by Gasteiger charge is 2.06. The van der Waals surface area contributed by atoms with Crippen LogP contribution in [0.2, 0.25) is 0 Å². The zero-order valence-electron chi connectivity index (χ0n) is 8.90. The van der Waals surface area contributed by atoms with E-state index in [4.69, 9.17) is 4.42 Å². The van der Waals surface area contributed by atoms with Gasteiger partial charge in [-0.2, -0.15) is 0 Å². The van der Waals surface area contributed by atoms with Crippen molar-refractivity contribution in [3.8, 4) is 0 Å². The van der Waals surface area contributed by atoms with Crippen molar-refractivity contribution in [1.82, 2.24) is 10.3 Å². The summed E-state index contributed by atoms with van der Waals surface area (Å²) in [5.41, 5.74) is 0.957. The molecule has 0 saturated heterocycles. The standard InChI is InChI=1S/C11H12N2O2S/c1-8-7-16-11(13-8)5-10(14)12-6-9-3-2-4-15-9/h2-4,7H,5-6H2,1H3,(H,12,14). The van der Waals surface area contributed by atoms with Crippen LogP contribution in [0.1, 0.15) is 16.5 Å². The van der Waals surface area contributed by atoms with Gasteiger partial charge in [0.2, 0.25) is 5.91 Å². The van der Waals surface area contributed by atoms with Crippen molar-refractivity contribution in [2.75, 3.05) is 0 Å². The fourth-order valence-electron chi connectivity index (χ4n) is 1.28. The average molecular weight is 236 g/mol. The fraction of sp³-hybridized carbons (Fsp3) is 0.273. The molecule has 2 rings (SSSR count). The van der Waals surface area contributed by atoms with Crippen LogP contribution in [-0.2, 0) is 17.8 Å². The van der Waals surface area contributed by atoms with Crippen molar-refractivity contribution in [2.24, 2.45) is 0 Å². The van der Waals surface area contributed by atoms with Crippen molar-refractivity contribution in [2.45, 2.75) is 19.9 Å². The first kappa shape index (κ1) is 10.9. The number of thiazole rings is 1. The Kier molecular flexibility index (Phi) is 3.36. The molecule has 0 aliphatic heterocycles. The molecule has 2 heterocycles. The molecule has 0 aliphatic rings. The average Bonchev–Trinajstić information content (AvgIpc) is 2.87. The van der Waals surface area contributed by atoms with E-state index in [2.05, 4.69) is 10.3 Å². The topological polar surface area (TPSA) is 55.1 Å². The van der Waals surface area contributed by atoms with Gasteiger partial charge in [0, 0.05) is 11.1 Å². The summed E-state index contributed by atoms with van der Waals surface area (Å²) in [5, 5.41) is 5.56. The lowest BCUT2D eigenvalue weighted by molar-refractivity contribution is -0.120. The van der Waals surface area contributed by atoms with Gasteiger partial charge in [0.05, 0.1) is 19.2 Å². The first-order valence-corrected chi connectivity index (χ1v) is 5.82. The number of carbonyl (C=O) groups is 1. The smallest absolute Gasteiger partial charge is 0.227 e. The molecule has 2 aromatic rings. The van der Waals surface area contributed by atoms with Gasteiger partial charge >= 0.3 is 0 Å². The Morgan fingerprint density at radius 3 is 3.12 bits per heavy atom. The summed E-state index contributed by atoms with van der Waals surface area (Å²) in [6, 6.07) is 3.62. The maximum Gasteiger partial charge on any atom is 0.227 e. The summed E-state index contributed by atoms with van der Waals surface area (Å²) in [6.45, 7) is 2.34. The number of amides is 1. The van der Waals surface area contributed by atoms with Gasteiger partial charge in [-0.3, -0.25) is 4.79 Å². The van der Waals surface area contributed by atoms with Crippen LogP contribution in [0.15, 0.2) is 28.2 Å². The number of carbonyl (C=O) groups excluding carboxylic acids is 1. The Morgan fingerprint density at radius 2 is 2.50 bits per heavy atom. The first-order chi connectivity index (χ1) is 7.74.